The van der Waals surface area contributed by atoms with Crippen molar-refractivity contribution < 1.29 is 4.39 Å². The monoisotopic (exact) mass is 336 g/mol. The van der Waals surface area contributed by atoms with Crippen molar-refractivity contribution in [2.24, 2.45) is 0 Å². The molecule has 0 bridgehead atoms. The van der Waals surface area contributed by atoms with Gasteiger partial charge in [0, 0.05) is 0 Å². The van der Waals surface area contributed by atoms with E-state index in [2.05, 4.69) is 15.0 Å². The number of nitrogens with zero attached hydrogens (tertiary/aromatic N) is 3. The van der Waals surface area contributed by atoms with Crippen LogP contribution < -0.4 is 5.73 Å². The summed E-state index contributed by atoms with van der Waals surface area (Å²) >= 11 is 1.61. The van der Waals surface area contributed by atoms with Crippen molar-refractivity contribution >= 4 is 28.2 Å². The Morgan fingerprint density at radius 3 is 2.79 bits per heavy atom. The molecule has 0 spiro atoms. The summed E-state index contributed by atoms with van der Waals surface area (Å²) in [7, 11) is 0. The van der Waals surface area contributed by atoms with E-state index in [4.69, 9.17) is 5.73 Å². The lowest BCUT2D eigenvalue weighted by atomic mass is 10.0. The fourth-order valence-corrected chi connectivity index (χ4v) is 3.42. The molecule has 1 aromatic carbocycles. The Balaban J connectivity index is 1.91. The van der Waals surface area contributed by atoms with Gasteiger partial charge in [-0.15, -0.1) is 11.3 Å². The Labute approximate surface area is 141 Å². The lowest BCUT2D eigenvalue weighted by molar-refractivity contribution is 0.626. The third kappa shape index (κ3) is 2.72. The molecule has 3 aromatic heterocycles. The molecule has 118 valence electrons. The van der Waals surface area contributed by atoms with E-state index in [1.54, 1.807) is 17.4 Å². The van der Waals surface area contributed by atoms with E-state index in [0.29, 0.717) is 23.3 Å². The van der Waals surface area contributed by atoms with Gasteiger partial charge in [-0.3, -0.25) is 0 Å². The van der Waals surface area contributed by atoms with Crippen molar-refractivity contribution in [2.45, 2.75) is 6.42 Å². The summed E-state index contributed by atoms with van der Waals surface area (Å²) in [5.74, 6) is 0.146. The molecular formula is C18H13FN4S. The Bertz CT molecular complexity index is 1010. The molecule has 2 N–H and O–H groups in total. The van der Waals surface area contributed by atoms with Crippen LogP contribution in [0.25, 0.3) is 21.6 Å². The predicted octanol–water partition coefficient (Wildman–Crippen LogP) is 4.07. The van der Waals surface area contributed by atoms with Crippen LogP contribution in [0.2, 0.25) is 0 Å². The lowest BCUT2D eigenvalue weighted by Crippen LogP contribution is -2.00. The number of benzene rings is 1. The van der Waals surface area contributed by atoms with Crippen LogP contribution in [-0.4, -0.2) is 15.0 Å². The number of pyridine rings is 1. The molecule has 4 aromatic rings. The molecule has 4 rings (SSSR count). The van der Waals surface area contributed by atoms with Crippen molar-refractivity contribution in [3.05, 3.63) is 71.1 Å². The molecule has 0 saturated carbocycles. The quantitative estimate of drug-likeness (QED) is 0.612. The number of anilines is 1. The number of hydrogen-bond donors (Lipinski definition) is 1. The smallest absolute Gasteiger partial charge is 0.165 e. The molecule has 6 heteroatoms. The number of aromatic nitrogens is 3. The van der Waals surface area contributed by atoms with Gasteiger partial charge in [0.05, 0.1) is 16.0 Å². The zero-order chi connectivity index (χ0) is 16.5. The molecule has 4 nitrogen and oxygen atoms in total. The minimum absolute atomic E-state index is 0.248. The van der Waals surface area contributed by atoms with Gasteiger partial charge >= 0.3 is 0 Å². The summed E-state index contributed by atoms with van der Waals surface area (Å²) in [5, 5.41) is 2.71. The Morgan fingerprint density at radius 1 is 1.08 bits per heavy atom. The second-order valence-electron chi connectivity index (χ2n) is 5.41. The molecule has 0 radical (unpaired) electrons. The van der Waals surface area contributed by atoms with E-state index in [1.165, 1.54) is 18.5 Å². The average Bonchev–Trinajstić information content (AvgIpc) is 3.09. The molecule has 0 unspecified atom stereocenters. The highest BCUT2D eigenvalue weighted by atomic mass is 32.1. The maximum atomic E-state index is 13.5. The minimum Gasteiger partial charge on any atom is -0.383 e. The second kappa shape index (κ2) is 5.98. The number of hydrogen-bond acceptors (Lipinski definition) is 5. The van der Waals surface area contributed by atoms with Crippen LogP contribution in [0.4, 0.5) is 10.2 Å². The Hall–Kier alpha value is -2.86. The molecular weight excluding hydrogens is 323 g/mol. The second-order valence-corrected chi connectivity index (χ2v) is 6.36. The first-order chi connectivity index (χ1) is 11.7. The third-order valence-electron chi connectivity index (χ3n) is 3.77. The SMILES string of the molecule is Nc1ncnc2nc(-c3cccs3)c(Cc3cccc(F)c3)cc12. The minimum atomic E-state index is -0.248. The predicted molar refractivity (Wildman–Crippen MR) is 94.3 cm³/mol. The van der Waals surface area contributed by atoms with E-state index < -0.39 is 0 Å². The third-order valence-corrected chi connectivity index (χ3v) is 4.65. The summed E-state index contributed by atoms with van der Waals surface area (Å²) in [4.78, 5) is 14.0. The van der Waals surface area contributed by atoms with Crippen LogP contribution >= 0.6 is 11.3 Å². The summed E-state index contributed by atoms with van der Waals surface area (Å²) in [5.41, 5.74) is 9.22. The van der Waals surface area contributed by atoms with Crippen LogP contribution in [0.15, 0.2) is 54.2 Å². The van der Waals surface area contributed by atoms with Gasteiger partial charge in [-0.2, -0.15) is 0 Å². The average molecular weight is 336 g/mol. The molecule has 3 heterocycles. The van der Waals surface area contributed by atoms with Gasteiger partial charge in [0.25, 0.3) is 0 Å². The molecule has 0 aliphatic rings. The molecule has 0 saturated heterocycles. The van der Waals surface area contributed by atoms with Crippen molar-refractivity contribution in [3.63, 3.8) is 0 Å². The zero-order valence-corrected chi connectivity index (χ0v) is 13.4. The van der Waals surface area contributed by atoms with Gasteiger partial charge in [0.1, 0.15) is 18.0 Å². The van der Waals surface area contributed by atoms with Gasteiger partial charge < -0.3 is 5.73 Å². The van der Waals surface area contributed by atoms with Crippen LogP contribution in [0.1, 0.15) is 11.1 Å². The highest BCUT2D eigenvalue weighted by Gasteiger charge is 2.13. The molecule has 0 fully saturated rings. The first-order valence-corrected chi connectivity index (χ1v) is 8.27. The summed E-state index contributed by atoms with van der Waals surface area (Å²) < 4.78 is 13.5. The highest BCUT2D eigenvalue weighted by Crippen LogP contribution is 2.31. The first-order valence-electron chi connectivity index (χ1n) is 7.39. The van der Waals surface area contributed by atoms with Crippen molar-refractivity contribution in [1.82, 2.24) is 15.0 Å². The fraction of sp³-hybridized carbons (Fsp3) is 0.0556. The standard InChI is InChI=1S/C18H13FN4S/c19-13-4-1-3-11(8-13)7-12-9-14-17(20)21-10-22-18(14)23-16(12)15-5-2-6-24-15/h1-6,8-10H,7H2,(H2,20,21,22,23). The molecule has 24 heavy (non-hydrogen) atoms. The number of nitrogens with two attached hydrogens (primary N) is 1. The molecule has 0 amide bonds. The maximum absolute atomic E-state index is 13.5. The summed E-state index contributed by atoms with van der Waals surface area (Å²) in [6.07, 6.45) is 1.97. The molecule has 0 atom stereocenters. The summed E-state index contributed by atoms with van der Waals surface area (Å²) in [6, 6.07) is 12.5. The van der Waals surface area contributed by atoms with Crippen molar-refractivity contribution in [2.75, 3.05) is 5.73 Å². The number of nitrogen functional groups attached to an aromatic ring is 1. The van der Waals surface area contributed by atoms with Gasteiger partial charge in [-0.05, 0) is 47.2 Å². The van der Waals surface area contributed by atoms with Gasteiger partial charge in [0.15, 0.2) is 5.65 Å². The molecule has 0 aliphatic heterocycles. The van der Waals surface area contributed by atoms with Crippen molar-refractivity contribution in [1.29, 1.82) is 0 Å². The van der Waals surface area contributed by atoms with E-state index >= 15 is 0 Å². The van der Waals surface area contributed by atoms with Gasteiger partial charge in [0.2, 0.25) is 0 Å². The van der Waals surface area contributed by atoms with Crippen LogP contribution in [-0.2, 0) is 6.42 Å². The van der Waals surface area contributed by atoms with E-state index in [9.17, 15) is 4.39 Å². The van der Waals surface area contributed by atoms with Gasteiger partial charge in [-0.25, -0.2) is 19.3 Å². The van der Waals surface area contributed by atoms with Gasteiger partial charge in [-0.1, -0.05) is 18.2 Å². The molecule has 0 aliphatic carbocycles. The highest BCUT2D eigenvalue weighted by molar-refractivity contribution is 7.13. The normalized spacial score (nSPS) is 11.0. The topological polar surface area (TPSA) is 64.7 Å². The fourth-order valence-electron chi connectivity index (χ4n) is 2.68. The number of halogens is 1. The van der Waals surface area contributed by atoms with E-state index in [0.717, 1.165) is 21.7 Å². The Morgan fingerprint density at radius 2 is 2.00 bits per heavy atom. The first kappa shape index (κ1) is 14.7. The van der Waals surface area contributed by atoms with Crippen LogP contribution in [0.3, 0.4) is 0 Å². The van der Waals surface area contributed by atoms with Crippen molar-refractivity contribution in [3.8, 4) is 10.6 Å². The summed E-state index contributed by atoms with van der Waals surface area (Å²) in [6.45, 7) is 0. The number of thiophene rings is 1. The zero-order valence-electron chi connectivity index (χ0n) is 12.6. The van der Waals surface area contributed by atoms with E-state index in [-0.39, 0.29) is 5.82 Å². The lowest BCUT2D eigenvalue weighted by Gasteiger charge is -2.10. The largest absolute Gasteiger partial charge is 0.383 e. The van der Waals surface area contributed by atoms with Crippen LogP contribution in [0, 0.1) is 5.82 Å². The maximum Gasteiger partial charge on any atom is 0.165 e. The van der Waals surface area contributed by atoms with E-state index in [1.807, 2.05) is 29.6 Å². The Kier molecular flexibility index (Phi) is 3.66. The van der Waals surface area contributed by atoms with Crippen LogP contribution in [0.5, 0.6) is 0 Å². The number of rotatable bonds is 3. The number of fused-ring (bicyclic) bond motifs is 1.